The second kappa shape index (κ2) is 12.0. The Labute approximate surface area is 249 Å². The SMILES string of the molecule is CC(=O)OC[C@H]1O[C@H](Oc2cc3c(c(O)c2C)C(=O)c2ccc(O)cc2C3=O)[C@H](O[C@H]2O[C@@H](C)[C@H](O)[C@@H](O)[C@H]2O)[C@H](O)[C@H]1O. The van der Waals surface area contributed by atoms with Gasteiger partial charge < -0.3 is 59.4 Å². The summed E-state index contributed by atoms with van der Waals surface area (Å²) in [6, 6.07) is 4.77. The van der Waals surface area contributed by atoms with Crippen LogP contribution in [0.3, 0.4) is 0 Å². The second-order valence-corrected chi connectivity index (χ2v) is 10.9. The Morgan fingerprint density at radius 1 is 0.841 bits per heavy atom. The number of hydrogen-bond acceptors (Lipinski definition) is 15. The summed E-state index contributed by atoms with van der Waals surface area (Å²) in [4.78, 5) is 38.0. The van der Waals surface area contributed by atoms with E-state index in [0.29, 0.717) is 0 Å². The van der Waals surface area contributed by atoms with Crippen LogP contribution < -0.4 is 4.74 Å². The van der Waals surface area contributed by atoms with Crippen molar-refractivity contribution in [3.05, 3.63) is 52.1 Å². The number of ketones is 2. The van der Waals surface area contributed by atoms with Crippen molar-refractivity contribution < 1.29 is 73.8 Å². The molecule has 0 spiro atoms. The van der Waals surface area contributed by atoms with E-state index < -0.39 is 91.3 Å². The Balaban J connectivity index is 1.51. The van der Waals surface area contributed by atoms with E-state index in [0.717, 1.165) is 19.1 Å². The third kappa shape index (κ3) is 5.52. The van der Waals surface area contributed by atoms with Gasteiger partial charge in [-0.2, -0.15) is 0 Å². The van der Waals surface area contributed by atoms with Gasteiger partial charge in [0.05, 0.1) is 11.7 Å². The lowest BCUT2D eigenvalue weighted by atomic mass is 9.82. The zero-order valence-electron chi connectivity index (χ0n) is 23.7. The molecule has 2 aliphatic heterocycles. The summed E-state index contributed by atoms with van der Waals surface area (Å²) in [5, 5.41) is 73.5. The molecule has 2 heterocycles. The third-order valence-corrected chi connectivity index (χ3v) is 7.91. The molecule has 0 aromatic heterocycles. The molecule has 3 aliphatic rings. The highest BCUT2D eigenvalue weighted by Gasteiger charge is 2.51. The average Bonchev–Trinajstić information content (AvgIpc) is 2.98. The first kappa shape index (κ1) is 31.7. The largest absolute Gasteiger partial charge is 0.508 e. The summed E-state index contributed by atoms with van der Waals surface area (Å²) >= 11 is 0. The molecule has 0 radical (unpaired) electrons. The lowest BCUT2D eigenvalue weighted by Crippen LogP contribution is -2.64. The van der Waals surface area contributed by atoms with Gasteiger partial charge in [-0.1, -0.05) is 0 Å². The molecular weight excluding hydrogens is 588 g/mol. The van der Waals surface area contributed by atoms with Crippen molar-refractivity contribution in [3.63, 3.8) is 0 Å². The van der Waals surface area contributed by atoms with Crippen LogP contribution in [-0.4, -0.2) is 121 Å². The highest BCUT2D eigenvalue weighted by Crippen LogP contribution is 2.41. The summed E-state index contributed by atoms with van der Waals surface area (Å²) in [6.07, 6.45) is -16.0. The van der Waals surface area contributed by atoms with Gasteiger partial charge in [-0.3, -0.25) is 14.4 Å². The molecule has 7 N–H and O–H groups in total. The Morgan fingerprint density at radius 2 is 1.55 bits per heavy atom. The predicted molar refractivity (Wildman–Crippen MR) is 143 cm³/mol. The fourth-order valence-electron chi connectivity index (χ4n) is 5.36. The van der Waals surface area contributed by atoms with E-state index in [1.54, 1.807) is 0 Å². The molecule has 5 rings (SSSR count). The topological polar surface area (TPSA) is 239 Å². The van der Waals surface area contributed by atoms with Gasteiger partial charge in [0.25, 0.3) is 0 Å². The number of fused-ring (bicyclic) bond motifs is 2. The number of benzene rings is 2. The van der Waals surface area contributed by atoms with E-state index in [1.165, 1.54) is 26.0 Å². The Hall–Kier alpha value is -3.67. The van der Waals surface area contributed by atoms with Crippen LogP contribution in [0.25, 0.3) is 0 Å². The number of carbonyl (C=O) groups excluding carboxylic acids is 3. The van der Waals surface area contributed by atoms with Gasteiger partial charge in [0.1, 0.15) is 60.5 Å². The summed E-state index contributed by atoms with van der Waals surface area (Å²) in [5.74, 6) is -3.15. The van der Waals surface area contributed by atoms with Crippen LogP contribution in [0.1, 0.15) is 51.3 Å². The molecular formula is C29H32O15. The van der Waals surface area contributed by atoms with Gasteiger partial charge in [0, 0.05) is 29.2 Å². The van der Waals surface area contributed by atoms with E-state index >= 15 is 0 Å². The van der Waals surface area contributed by atoms with Crippen molar-refractivity contribution >= 4 is 17.5 Å². The zero-order chi connectivity index (χ0) is 32.2. The monoisotopic (exact) mass is 620 g/mol. The molecule has 10 atom stereocenters. The van der Waals surface area contributed by atoms with Gasteiger partial charge in [-0.15, -0.1) is 0 Å². The maximum atomic E-state index is 13.4. The first-order chi connectivity index (χ1) is 20.7. The second-order valence-electron chi connectivity index (χ2n) is 10.9. The third-order valence-electron chi connectivity index (χ3n) is 7.91. The molecule has 0 unspecified atom stereocenters. The molecule has 2 aromatic carbocycles. The molecule has 2 fully saturated rings. The van der Waals surface area contributed by atoms with Crippen molar-refractivity contribution in [2.75, 3.05) is 6.61 Å². The van der Waals surface area contributed by atoms with Crippen LogP contribution in [0.2, 0.25) is 0 Å². The minimum absolute atomic E-state index is 0.0206. The summed E-state index contributed by atoms with van der Waals surface area (Å²) in [6.45, 7) is 3.37. The predicted octanol–water partition coefficient (Wildman–Crippen LogP) is -1.22. The minimum Gasteiger partial charge on any atom is -0.508 e. The molecule has 15 nitrogen and oxygen atoms in total. The Bertz CT molecular complexity index is 1470. The van der Waals surface area contributed by atoms with Crippen LogP contribution in [-0.2, 0) is 23.7 Å². The maximum absolute atomic E-state index is 13.4. The molecule has 15 heteroatoms. The number of phenolic OH excluding ortho intramolecular Hbond substituents is 2. The van der Waals surface area contributed by atoms with E-state index in [2.05, 4.69) is 0 Å². The van der Waals surface area contributed by atoms with E-state index in [1.807, 2.05) is 0 Å². The van der Waals surface area contributed by atoms with Crippen LogP contribution in [0.15, 0.2) is 24.3 Å². The molecule has 0 saturated carbocycles. The lowest BCUT2D eigenvalue weighted by molar-refractivity contribution is -0.354. The maximum Gasteiger partial charge on any atom is 0.302 e. The van der Waals surface area contributed by atoms with Gasteiger partial charge in [0.15, 0.2) is 24.0 Å². The number of aliphatic hydroxyl groups excluding tert-OH is 5. The minimum atomic E-state index is -1.84. The lowest BCUT2D eigenvalue weighted by Gasteiger charge is -2.45. The fourth-order valence-corrected chi connectivity index (χ4v) is 5.36. The molecule has 0 amide bonds. The summed E-state index contributed by atoms with van der Waals surface area (Å²) in [5.41, 5.74) is -0.698. The number of aromatic hydroxyl groups is 2. The molecule has 0 bridgehead atoms. The number of carbonyl (C=O) groups is 3. The first-order valence-electron chi connectivity index (χ1n) is 13.7. The van der Waals surface area contributed by atoms with Crippen molar-refractivity contribution in [2.24, 2.45) is 0 Å². The number of esters is 1. The number of rotatable bonds is 6. The standard InChI is InChI=1S/C29H32O15/c1-9-16(7-15-18(19(9)32)22(35)13-5-4-12(31)6-14(13)21(15)34)42-29-27(25(38)23(36)17(43-29)8-40-11(3)30)44-28-26(39)24(37)20(33)10(2)41-28/h4-7,10,17,20,23-29,31-33,36-39H,8H2,1-3H3/t10-,17+,20-,23-,24+,25+,26+,27+,28+,29-/m0/s1. The smallest absolute Gasteiger partial charge is 0.302 e. The number of phenols is 2. The van der Waals surface area contributed by atoms with Gasteiger partial charge in [0.2, 0.25) is 6.29 Å². The van der Waals surface area contributed by atoms with Crippen LogP contribution in [0.4, 0.5) is 0 Å². The summed E-state index contributed by atoms with van der Waals surface area (Å²) in [7, 11) is 0. The molecule has 1 aliphatic carbocycles. The summed E-state index contributed by atoms with van der Waals surface area (Å²) < 4.78 is 27.9. The molecule has 2 aromatic rings. The molecule has 238 valence electrons. The van der Waals surface area contributed by atoms with Gasteiger partial charge >= 0.3 is 5.97 Å². The number of aliphatic hydroxyl groups is 5. The average molecular weight is 621 g/mol. The zero-order valence-corrected chi connectivity index (χ0v) is 23.7. The van der Waals surface area contributed by atoms with Crippen LogP contribution >= 0.6 is 0 Å². The highest BCUT2D eigenvalue weighted by molar-refractivity contribution is 6.29. The normalized spacial score (nSPS) is 33.4. The van der Waals surface area contributed by atoms with Crippen LogP contribution in [0.5, 0.6) is 17.2 Å². The highest BCUT2D eigenvalue weighted by atomic mass is 16.8. The Kier molecular flexibility index (Phi) is 8.67. The van der Waals surface area contributed by atoms with Crippen molar-refractivity contribution in [1.82, 2.24) is 0 Å². The van der Waals surface area contributed by atoms with Gasteiger partial charge in [-0.25, -0.2) is 0 Å². The van der Waals surface area contributed by atoms with E-state index in [9.17, 15) is 50.1 Å². The quantitative estimate of drug-likeness (QED) is 0.160. The van der Waals surface area contributed by atoms with E-state index in [-0.39, 0.29) is 39.3 Å². The van der Waals surface area contributed by atoms with Crippen molar-refractivity contribution in [1.29, 1.82) is 0 Å². The molecule has 44 heavy (non-hydrogen) atoms. The first-order valence-corrected chi connectivity index (χ1v) is 13.7. The molecule has 2 saturated heterocycles. The van der Waals surface area contributed by atoms with Crippen molar-refractivity contribution in [2.45, 2.75) is 82.2 Å². The van der Waals surface area contributed by atoms with Crippen molar-refractivity contribution in [3.8, 4) is 17.2 Å². The van der Waals surface area contributed by atoms with Gasteiger partial charge in [-0.05, 0) is 38.1 Å². The Morgan fingerprint density at radius 3 is 2.23 bits per heavy atom. The fraction of sp³-hybridized carbons (Fsp3) is 0.483. The number of hydrogen-bond donors (Lipinski definition) is 7. The van der Waals surface area contributed by atoms with Crippen LogP contribution in [0, 0.1) is 6.92 Å². The van der Waals surface area contributed by atoms with E-state index in [4.69, 9.17) is 23.7 Å². The number of ether oxygens (including phenoxy) is 5.